The van der Waals surface area contributed by atoms with Gasteiger partial charge in [0, 0.05) is 41.2 Å². The van der Waals surface area contributed by atoms with Gasteiger partial charge in [-0.1, -0.05) is 22.0 Å². The number of sulfonamides is 1. The normalized spacial score (nSPS) is 12.0. The summed E-state index contributed by atoms with van der Waals surface area (Å²) >= 11 is 2.93. The van der Waals surface area contributed by atoms with Gasteiger partial charge in [0.15, 0.2) is 4.90 Å². The summed E-state index contributed by atoms with van der Waals surface area (Å²) in [5.74, 6) is -2.43. The maximum Gasteiger partial charge on any atom is 0.284 e. The first kappa shape index (κ1) is 22.0. The molecule has 0 saturated heterocycles. The van der Waals surface area contributed by atoms with Crippen LogP contribution in [0.5, 0.6) is 0 Å². The molecule has 1 aromatic carbocycles. The van der Waals surface area contributed by atoms with Crippen molar-refractivity contribution in [2.24, 2.45) is 5.10 Å². The number of aromatic nitrogens is 3. The standard InChI is InChI=1S/C21H16BrF2N5O2S/c1-13-6-15(14-4-3-5-25-9-14)12-29-17(10-26-21(13)29)11-27-28(2)32(30,31)20-18(23)7-16(22)8-19(20)24/h3-12H,1-2H3/b27-11+. The molecule has 0 amide bonds. The number of rotatable bonds is 5. The molecule has 0 aliphatic rings. The molecule has 3 heterocycles. The Morgan fingerprint density at radius 1 is 1.16 bits per heavy atom. The average Bonchev–Trinajstić information content (AvgIpc) is 3.15. The van der Waals surface area contributed by atoms with Crippen LogP contribution in [0.1, 0.15) is 11.3 Å². The van der Waals surface area contributed by atoms with E-state index in [-0.39, 0.29) is 4.47 Å². The molecule has 164 valence electrons. The Hall–Kier alpha value is -3.18. The average molecular weight is 520 g/mol. The van der Waals surface area contributed by atoms with Crippen LogP contribution >= 0.6 is 15.9 Å². The van der Waals surface area contributed by atoms with Crippen molar-refractivity contribution in [3.8, 4) is 11.1 Å². The van der Waals surface area contributed by atoms with E-state index in [4.69, 9.17) is 0 Å². The number of nitrogens with zero attached hydrogens (tertiary/aromatic N) is 5. The summed E-state index contributed by atoms with van der Waals surface area (Å²) in [7, 11) is -3.46. The summed E-state index contributed by atoms with van der Waals surface area (Å²) in [5, 5.41) is 3.90. The minimum absolute atomic E-state index is 0.0862. The molecule has 0 atom stereocenters. The highest BCUT2D eigenvalue weighted by atomic mass is 79.9. The first-order valence-corrected chi connectivity index (χ1v) is 11.5. The van der Waals surface area contributed by atoms with Crippen molar-refractivity contribution in [1.82, 2.24) is 18.8 Å². The van der Waals surface area contributed by atoms with Gasteiger partial charge in [0.25, 0.3) is 10.0 Å². The first-order valence-electron chi connectivity index (χ1n) is 9.24. The van der Waals surface area contributed by atoms with E-state index < -0.39 is 26.6 Å². The van der Waals surface area contributed by atoms with Crippen LogP contribution in [0.3, 0.4) is 0 Å². The molecule has 0 unspecified atom stereocenters. The molecule has 0 aliphatic carbocycles. The Labute approximate surface area is 191 Å². The van der Waals surface area contributed by atoms with Crippen molar-refractivity contribution in [1.29, 1.82) is 0 Å². The zero-order chi connectivity index (χ0) is 23.0. The van der Waals surface area contributed by atoms with Gasteiger partial charge in [-0.25, -0.2) is 13.8 Å². The van der Waals surface area contributed by atoms with Crippen molar-refractivity contribution < 1.29 is 17.2 Å². The van der Waals surface area contributed by atoms with Crippen LogP contribution in [-0.2, 0) is 10.0 Å². The van der Waals surface area contributed by atoms with Gasteiger partial charge in [-0.05, 0) is 36.8 Å². The Bertz CT molecular complexity index is 1430. The number of aryl methyl sites for hydroxylation is 1. The predicted octanol–water partition coefficient (Wildman–Crippen LogP) is 4.40. The number of hydrogen-bond donors (Lipinski definition) is 0. The lowest BCUT2D eigenvalue weighted by atomic mass is 10.1. The van der Waals surface area contributed by atoms with Crippen molar-refractivity contribution in [3.05, 3.63) is 82.5 Å². The van der Waals surface area contributed by atoms with Crippen LogP contribution in [0.25, 0.3) is 16.8 Å². The smallest absolute Gasteiger partial charge is 0.284 e. The minimum Gasteiger partial charge on any atom is -0.298 e. The molecule has 0 fully saturated rings. The molecule has 7 nitrogen and oxygen atoms in total. The topological polar surface area (TPSA) is 79.9 Å². The van der Waals surface area contributed by atoms with Crippen molar-refractivity contribution in [2.45, 2.75) is 11.8 Å². The predicted molar refractivity (Wildman–Crippen MR) is 120 cm³/mol. The fourth-order valence-corrected chi connectivity index (χ4v) is 4.62. The third-order valence-electron chi connectivity index (χ3n) is 4.73. The van der Waals surface area contributed by atoms with Crippen LogP contribution in [0, 0.1) is 18.6 Å². The molecule has 3 aromatic heterocycles. The van der Waals surface area contributed by atoms with Crippen molar-refractivity contribution >= 4 is 37.8 Å². The third-order valence-corrected chi connectivity index (χ3v) is 6.89. The van der Waals surface area contributed by atoms with E-state index in [1.807, 2.05) is 31.3 Å². The number of fused-ring (bicyclic) bond motifs is 1. The van der Waals surface area contributed by atoms with E-state index in [1.165, 1.54) is 12.4 Å². The molecule has 0 bridgehead atoms. The fraction of sp³-hybridized carbons (Fsp3) is 0.0952. The zero-order valence-corrected chi connectivity index (χ0v) is 19.3. The largest absolute Gasteiger partial charge is 0.298 e. The van der Waals surface area contributed by atoms with E-state index in [9.17, 15) is 17.2 Å². The van der Waals surface area contributed by atoms with E-state index >= 15 is 0 Å². The van der Waals surface area contributed by atoms with Crippen LogP contribution in [0.2, 0.25) is 0 Å². The van der Waals surface area contributed by atoms with E-state index in [2.05, 4.69) is 31.0 Å². The Morgan fingerprint density at radius 2 is 1.88 bits per heavy atom. The van der Waals surface area contributed by atoms with Gasteiger partial charge >= 0.3 is 0 Å². The third kappa shape index (κ3) is 4.00. The number of benzene rings is 1. The van der Waals surface area contributed by atoms with Gasteiger partial charge in [-0.2, -0.15) is 17.9 Å². The molecule has 0 N–H and O–H groups in total. The lowest BCUT2D eigenvalue weighted by molar-refractivity contribution is 0.465. The lowest BCUT2D eigenvalue weighted by Crippen LogP contribution is -2.24. The fourth-order valence-electron chi connectivity index (χ4n) is 3.17. The molecule has 0 aliphatic heterocycles. The Morgan fingerprint density at radius 3 is 2.53 bits per heavy atom. The molecule has 0 spiro atoms. The maximum absolute atomic E-state index is 14.2. The Balaban J connectivity index is 1.72. The second-order valence-corrected chi connectivity index (χ2v) is 9.72. The quantitative estimate of drug-likeness (QED) is 0.289. The summed E-state index contributed by atoms with van der Waals surface area (Å²) < 4.78 is 56.1. The van der Waals surface area contributed by atoms with E-state index in [0.717, 1.165) is 35.9 Å². The number of imidazole rings is 1. The lowest BCUT2D eigenvalue weighted by Gasteiger charge is -2.15. The second kappa shape index (κ2) is 8.40. The highest BCUT2D eigenvalue weighted by Crippen LogP contribution is 2.26. The minimum atomic E-state index is -4.56. The van der Waals surface area contributed by atoms with Crippen LogP contribution < -0.4 is 0 Å². The first-order chi connectivity index (χ1) is 15.2. The molecule has 32 heavy (non-hydrogen) atoms. The highest BCUT2D eigenvalue weighted by Gasteiger charge is 2.28. The Kier molecular flexibility index (Phi) is 5.78. The SMILES string of the molecule is Cc1cc(-c2cccnc2)cn2c(/C=N/N(C)S(=O)(=O)c3c(F)cc(Br)cc3F)cnc12. The number of pyridine rings is 2. The van der Waals surface area contributed by atoms with Crippen molar-refractivity contribution in [3.63, 3.8) is 0 Å². The molecular formula is C21H16BrF2N5O2S. The molecule has 4 aromatic rings. The molecule has 4 rings (SSSR count). The van der Waals surface area contributed by atoms with Gasteiger partial charge in [0.2, 0.25) is 0 Å². The van der Waals surface area contributed by atoms with Crippen LogP contribution in [-0.4, -0.2) is 40.5 Å². The van der Waals surface area contributed by atoms with Crippen LogP contribution in [0.15, 0.2) is 69.6 Å². The van der Waals surface area contributed by atoms with Gasteiger partial charge in [-0.3, -0.25) is 9.38 Å². The summed E-state index contributed by atoms with van der Waals surface area (Å²) in [6, 6.07) is 7.46. The van der Waals surface area contributed by atoms with Gasteiger partial charge < -0.3 is 0 Å². The number of hydrazone groups is 1. The maximum atomic E-state index is 14.2. The van der Waals surface area contributed by atoms with Crippen molar-refractivity contribution in [2.75, 3.05) is 7.05 Å². The summed E-state index contributed by atoms with van der Waals surface area (Å²) in [6.07, 6.45) is 8.03. The molecule has 0 radical (unpaired) electrons. The highest BCUT2D eigenvalue weighted by molar-refractivity contribution is 9.10. The van der Waals surface area contributed by atoms with Gasteiger partial charge in [0.05, 0.1) is 18.1 Å². The molecular weight excluding hydrogens is 504 g/mol. The van der Waals surface area contributed by atoms with Gasteiger partial charge in [-0.15, -0.1) is 0 Å². The second-order valence-electron chi connectivity index (χ2n) is 6.91. The molecule has 11 heteroatoms. The summed E-state index contributed by atoms with van der Waals surface area (Å²) in [4.78, 5) is 7.40. The number of halogens is 3. The zero-order valence-electron chi connectivity index (χ0n) is 16.9. The summed E-state index contributed by atoms with van der Waals surface area (Å²) in [6.45, 7) is 1.90. The number of hydrogen-bond acceptors (Lipinski definition) is 5. The van der Waals surface area contributed by atoms with Gasteiger partial charge in [0.1, 0.15) is 17.3 Å². The van der Waals surface area contributed by atoms with Crippen LogP contribution in [0.4, 0.5) is 8.78 Å². The summed E-state index contributed by atoms with van der Waals surface area (Å²) in [5.41, 5.74) is 3.82. The van der Waals surface area contributed by atoms with E-state index in [1.54, 1.807) is 16.8 Å². The van der Waals surface area contributed by atoms with E-state index in [0.29, 0.717) is 15.8 Å². The molecule has 0 saturated carbocycles. The monoisotopic (exact) mass is 519 g/mol.